The smallest absolute Gasteiger partial charge is 0.123 e. The van der Waals surface area contributed by atoms with Crippen molar-refractivity contribution in [3.63, 3.8) is 0 Å². The van der Waals surface area contributed by atoms with Crippen LogP contribution in [0.1, 0.15) is 42.7 Å². The number of nitrogens with zero attached hydrogens (tertiary/aromatic N) is 2. The van der Waals surface area contributed by atoms with Gasteiger partial charge in [0.2, 0.25) is 0 Å². The van der Waals surface area contributed by atoms with Gasteiger partial charge in [0.25, 0.3) is 0 Å². The van der Waals surface area contributed by atoms with E-state index in [4.69, 9.17) is 0 Å². The van der Waals surface area contributed by atoms with E-state index in [9.17, 15) is 4.39 Å². The van der Waals surface area contributed by atoms with Gasteiger partial charge in [-0.2, -0.15) is 0 Å². The summed E-state index contributed by atoms with van der Waals surface area (Å²) in [5.41, 5.74) is 7.42. The van der Waals surface area contributed by atoms with Crippen molar-refractivity contribution < 1.29 is 4.39 Å². The van der Waals surface area contributed by atoms with E-state index in [0.717, 1.165) is 30.6 Å². The summed E-state index contributed by atoms with van der Waals surface area (Å²) in [6.45, 7) is 12.6. The SMILES string of the molecule is C=CCC1(C)CN(C)Cc2c1n(/C=C(\C)c1ccc(F)cc1)c1ccc(C)cc21. The zero-order valence-electron chi connectivity index (χ0n) is 17.8. The maximum atomic E-state index is 13.4. The van der Waals surface area contributed by atoms with E-state index >= 15 is 0 Å². The molecule has 0 fully saturated rings. The predicted octanol–water partition coefficient (Wildman–Crippen LogP) is 6.39. The second-order valence-electron chi connectivity index (χ2n) is 8.76. The highest BCUT2D eigenvalue weighted by molar-refractivity contribution is 5.91. The Morgan fingerprint density at radius 1 is 1.21 bits per heavy atom. The van der Waals surface area contributed by atoms with Crippen LogP contribution in [0.3, 0.4) is 0 Å². The minimum Gasteiger partial charge on any atom is -0.319 e. The van der Waals surface area contributed by atoms with Gasteiger partial charge in [-0.3, -0.25) is 0 Å². The van der Waals surface area contributed by atoms with Crippen molar-refractivity contribution in [2.24, 2.45) is 0 Å². The summed E-state index contributed by atoms with van der Waals surface area (Å²) in [6.07, 6.45) is 5.17. The summed E-state index contributed by atoms with van der Waals surface area (Å²) < 4.78 is 15.8. The van der Waals surface area contributed by atoms with Crippen LogP contribution in [0.15, 0.2) is 55.1 Å². The van der Waals surface area contributed by atoms with Crippen molar-refractivity contribution in [3.8, 4) is 0 Å². The molecule has 1 aliphatic heterocycles. The third kappa shape index (κ3) is 3.44. The lowest BCUT2D eigenvalue weighted by atomic mass is 9.78. The van der Waals surface area contributed by atoms with Crippen molar-refractivity contribution in [1.29, 1.82) is 0 Å². The topological polar surface area (TPSA) is 8.17 Å². The molecule has 1 aliphatic rings. The maximum absolute atomic E-state index is 13.4. The summed E-state index contributed by atoms with van der Waals surface area (Å²) in [7, 11) is 2.20. The second kappa shape index (κ2) is 7.31. The number of hydrogen-bond acceptors (Lipinski definition) is 1. The van der Waals surface area contributed by atoms with Gasteiger partial charge >= 0.3 is 0 Å². The number of rotatable bonds is 4. The fourth-order valence-corrected chi connectivity index (χ4v) is 4.90. The minimum absolute atomic E-state index is 0.0173. The van der Waals surface area contributed by atoms with Gasteiger partial charge in [-0.15, -0.1) is 6.58 Å². The maximum Gasteiger partial charge on any atom is 0.123 e. The molecule has 3 heteroatoms. The fourth-order valence-electron chi connectivity index (χ4n) is 4.90. The van der Waals surface area contributed by atoms with Crippen LogP contribution in [0.5, 0.6) is 0 Å². The lowest BCUT2D eigenvalue weighted by molar-refractivity contribution is 0.220. The molecule has 0 bridgehead atoms. The van der Waals surface area contributed by atoms with Crippen molar-refractivity contribution in [2.75, 3.05) is 13.6 Å². The van der Waals surface area contributed by atoms with Gasteiger partial charge in [-0.05, 0) is 68.3 Å². The molecule has 1 aromatic heterocycles. The second-order valence-corrected chi connectivity index (χ2v) is 8.76. The van der Waals surface area contributed by atoms with E-state index in [0.29, 0.717) is 0 Å². The average Bonchev–Trinajstić information content (AvgIpc) is 2.95. The van der Waals surface area contributed by atoms with Crippen molar-refractivity contribution in [1.82, 2.24) is 9.47 Å². The molecular weight excluding hydrogens is 359 g/mol. The average molecular weight is 389 g/mol. The Balaban J connectivity index is 1.99. The van der Waals surface area contributed by atoms with Crippen molar-refractivity contribution in [3.05, 3.63) is 83.3 Å². The molecule has 0 aliphatic carbocycles. The van der Waals surface area contributed by atoms with Crippen molar-refractivity contribution in [2.45, 2.75) is 39.2 Å². The molecule has 2 nitrogen and oxygen atoms in total. The molecule has 0 saturated heterocycles. The van der Waals surface area contributed by atoms with Crippen LogP contribution in [0.4, 0.5) is 4.39 Å². The lowest BCUT2D eigenvalue weighted by Gasteiger charge is -2.39. The molecule has 2 heterocycles. The van der Waals surface area contributed by atoms with Gasteiger partial charge in [-0.25, -0.2) is 4.39 Å². The quantitative estimate of drug-likeness (QED) is 0.470. The molecule has 3 aromatic rings. The highest BCUT2D eigenvalue weighted by atomic mass is 19.1. The van der Waals surface area contributed by atoms with Gasteiger partial charge in [0.05, 0.1) is 5.52 Å². The van der Waals surface area contributed by atoms with Gasteiger partial charge < -0.3 is 9.47 Å². The highest BCUT2D eigenvalue weighted by Crippen LogP contribution is 2.42. The first-order valence-corrected chi connectivity index (χ1v) is 10.2. The molecule has 1 atom stereocenters. The third-order valence-electron chi connectivity index (χ3n) is 6.10. The third-order valence-corrected chi connectivity index (χ3v) is 6.10. The van der Waals surface area contributed by atoms with E-state index in [-0.39, 0.29) is 11.2 Å². The van der Waals surface area contributed by atoms with Crippen LogP contribution in [0.25, 0.3) is 22.7 Å². The van der Waals surface area contributed by atoms with Crippen molar-refractivity contribution >= 4 is 22.7 Å². The molecule has 0 radical (unpaired) electrons. The molecule has 0 N–H and O–H groups in total. The first-order chi connectivity index (χ1) is 13.8. The molecule has 0 spiro atoms. The summed E-state index contributed by atoms with van der Waals surface area (Å²) in [5.74, 6) is -0.206. The Morgan fingerprint density at radius 2 is 1.93 bits per heavy atom. The largest absolute Gasteiger partial charge is 0.319 e. The monoisotopic (exact) mass is 388 g/mol. The van der Waals surface area contributed by atoms with E-state index in [2.05, 4.69) is 68.3 Å². The Morgan fingerprint density at radius 3 is 2.62 bits per heavy atom. The van der Waals surface area contributed by atoms with E-state index < -0.39 is 0 Å². The first kappa shape index (κ1) is 19.7. The molecule has 0 amide bonds. The summed E-state index contributed by atoms with van der Waals surface area (Å²) in [4.78, 5) is 2.41. The van der Waals surface area contributed by atoms with E-state index in [1.807, 2.05) is 18.2 Å². The van der Waals surface area contributed by atoms with Crippen LogP contribution >= 0.6 is 0 Å². The molecule has 1 unspecified atom stereocenters. The standard InChI is InChI=1S/C26H29FN2/c1-6-13-26(4)17-28(5)16-23-22-14-18(2)7-12-24(22)29(25(23)26)15-19(3)20-8-10-21(27)11-9-20/h6-12,14-15H,1,13,16-17H2,2-5H3/b19-15+. The Labute approximate surface area is 173 Å². The number of hydrogen-bond donors (Lipinski definition) is 0. The Kier molecular flexibility index (Phi) is 4.95. The lowest BCUT2D eigenvalue weighted by Crippen LogP contribution is -2.42. The molecular formula is C26H29FN2. The van der Waals surface area contributed by atoms with Gasteiger partial charge in [0.1, 0.15) is 5.82 Å². The Bertz CT molecular complexity index is 1100. The Hall–Kier alpha value is -2.65. The van der Waals surface area contributed by atoms with Crippen LogP contribution in [0.2, 0.25) is 0 Å². The molecule has 150 valence electrons. The summed E-state index contributed by atoms with van der Waals surface area (Å²) in [5, 5.41) is 1.32. The van der Waals surface area contributed by atoms with Crippen LogP contribution in [-0.2, 0) is 12.0 Å². The van der Waals surface area contributed by atoms with Crippen LogP contribution in [0, 0.1) is 12.7 Å². The normalized spacial score (nSPS) is 20.1. The molecule has 0 saturated carbocycles. The zero-order chi connectivity index (χ0) is 20.8. The first-order valence-electron chi connectivity index (χ1n) is 10.2. The predicted molar refractivity (Wildman–Crippen MR) is 121 cm³/mol. The number of aryl methyl sites for hydroxylation is 1. The number of fused-ring (bicyclic) bond motifs is 3. The fraction of sp³-hybridized carbons (Fsp3) is 0.308. The molecule has 29 heavy (non-hydrogen) atoms. The number of likely N-dealkylation sites (N-methyl/N-ethyl adjacent to an activating group) is 1. The number of benzene rings is 2. The highest BCUT2D eigenvalue weighted by Gasteiger charge is 2.38. The zero-order valence-corrected chi connectivity index (χ0v) is 17.8. The van der Waals surface area contributed by atoms with Gasteiger partial charge in [0.15, 0.2) is 0 Å². The van der Waals surface area contributed by atoms with E-state index in [1.165, 1.54) is 39.9 Å². The summed E-state index contributed by atoms with van der Waals surface area (Å²) in [6, 6.07) is 13.5. The number of halogens is 1. The van der Waals surface area contributed by atoms with E-state index in [1.54, 1.807) is 0 Å². The van der Waals surface area contributed by atoms with Gasteiger partial charge in [0, 0.05) is 35.8 Å². The number of allylic oxidation sites excluding steroid dienone is 2. The van der Waals surface area contributed by atoms with Gasteiger partial charge in [-0.1, -0.05) is 36.8 Å². The minimum atomic E-state index is -0.206. The van der Waals surface area contributed by atoms with Crippen LogP contribution < -0.4 is 0 Å². The van der Waals surface area contributed by atoms with Crippen LogP contribution in [-0.4, -0.2) is 23.1 Å². The molecule has 2 aromatic carbocycles. The summed E-state index contributed by atoms with van der Waals surface area (Å²) >= 11 is 0. The number of aromatic nitrogens is 1. The molecule has 4 rings (SSSR count).